The Morgan fingerprint density at radius 2 is 1.63 bits per heavy atom. The van der Waals surface area contributed by atoms with Crippen LogP contribution in [0.2, 0.25) is 0 Å². The van der Waals surface area contributed by atoms with Crippen LogP contribution in [0.15, 0.2) is 60.9 Å². The van der Waals surface area contributed by atoms with Gasteiger partial charge >= 0.3 is 0 Å². The highest BCUT2D eigenvalue weighted by Crippen LogP contribution is 2.22. The Balaban J connectivity index is 1.68. The van der Waals surface area contributed by atoms with E-state index in [1.54, 1.807) is 19.2 Å². The first-order chi connectivity index (χ1) is 13.1. The number of nitrogens with one attached hydrogen (secondary N) is 3. The van der Waals surface area contributed by atoms with E-state index < -0.39 is 0 Å². The molecule has 0 aliphatic rings. The Morgan fingerprint density at radius 3 is 2.30 bits per heavy atom. The van der Waals surface area contributed by atoms with Crippen molar-refractivity contribution in [3.05, 3.63) is 66.5 Å². The number of amides is 1. The summed E-state index contributed by atoms with van der Waals surface area (Å²) in [5.74, 6) is 1.74. The lowest BCUT2D eigenvalue weighted by molar-refractivity contribution is -0.122. The third-order valence-electron chi connectivity index (χ3n) is 3.71. The molecule has 138 valence electrons. The fraction of sp³-hybridized carbons (Fsp3) is 0.150. The number of anilines is 4. The minimum absolute atomic E-state index is 0.0297. The second-order valence-corrected chi connectivity index (χ2v) is 5.90. The third kappa shape index (κ3) is 5.43. The second-order valence-electron chi connectivity index (χ2n) is 5.90. The van der Waals surface area contributed by atoms with Crippen LogP contribution in [-0.2, 0) is 4.79 Å². The van der Waals surface area contributed by atoms with Gasteiger partial charge in [0.1, 0.15) is 23.7 Å². The van der Waals surface area contributed by atoms with Gasteiger partial charge in [0.15, 0.2) is 6.61 Å². The Hall–Kier alpha value is -3.61. The zero-order chi connectivity index (χ0) is 19.1. The van der Waals surface area contributed by atoms with E-state index in [4.69, 9.17) is 4.74 Å². The highest BCUT2D eigenvalue weighted by Gasteiger charge is 2.04. The van der Waals surface area contributed by atoms with Crippen LogP contribution in [-0.4, -0.2) is 29.5 Å². The van der Waals surface area contributed by atoms with Crippen molar-refractivity contribution in [2.75, 3.05) is 24.3 Å². The number of carbonyl (C=O) groups excluding carboxylic acids is 1. The number of hydrogen-bond donors (Lipinski definition) is 3. The van der Waals surface area contributed by atoms with Crippen LogP contribution in [0.5, 0.6) is 5.75 Å². The van der Waals surface area contributed by atoms with E-state index in [1.165, 1.54) is 11.9 Å². The minimum Gasteiger partial charge on any atom is -0.484 e. The lowest BCUT2D eigenvalue weighted by Crippen LogP contribution is -2.24. The smallest absolute Gasteiger partial charge is 0.257 e. The molecule has 0 fully saturated rings. The van der Waals surface area contributed by atoms with Gasteiger partial charge in [-0.15, -0.1) is 0 Å². The van der Waals surface area contributed by atoms with Crippen molar-refractivity contribution in [2.45, 2.75) is 6.92 Å². The number of likely N-dealkylation sites (N-methyl/N-ethyl adjacent to an activating group) is 1. The Morgan fingerprint density at radius 1 is 0.963 bits per heavy atom. The number of benzene rings is 2. The molecule has 0 saturated carbocycles. The van der Waals surface area contributed by atoms with Crippen molar-refractivity contribution in [3.8, 4) is 5.75 Å². The molecule has 7 nitrogen and oxygen atoms in total. The summed E-state index contributed by atoms with van der Waals surface area (Å²) >= 11 is 0. The van der Waals surface area contributed by atoms with Gasteiger partial charge in [-0.2, -0.15) is 0 Å². The van der Waals surface area contributed by atoms with Gasteiger partial charge in [0.05, 0.1) is 0 Å². The minimum atomic E-state index is -0.184. The van der Waals surface area contributed by atoms with Gasteiger partial charge < -0.3 is 20.7 Å². The number of nitrogens with zero attached hydrogens (tertiary/aromatic N) is 2. The van der Waals surface area contributed by atoms with Crippen molar-refractivity contribution in [2.24, 2.45) is 0 Å². The van der Waals surface area contributed by atoms with Crippen molar-refractivity contribution >= 4 is 28.9 Å². The zero-order valence-corrected chi connectivity index (χ0v) is 15.2. The number of aryl methyl sites for hydroxylation is 1. The summed E-state index contributed by atoms with van der Waals surface area (Å²) in [7, 11) is 1.57. The predicted octanol–water partition coefficient (Wildman–Crippen LogP) is 3.40. The monoisotopic (exact) mass is 363 g/mol. The topological polar surface area (TPSA) is 88.2 Å². The first-order valence-electron chi connectivity index (χ1n) is 8.48. The highest BCUT2D eigenvalue weighted by molar-refractivity contribution is 5.77. The molecule has 0 atom stereocenters. The molecule has 0 bridgehead atoms. The van der Waals surface area contributed by atoms with E-state index in [0.29, 0.717) is 17.4 Å². The fourth-order valence-corrected chi connectivity index (χ4v) is 2.40. The van der Waals surface area contributed by atoms with Crippen LogP contribution in [0, 0.1) is 6.92 Å². The molecule has 0 unspecified atom stereocenters. The average molecular weight is 363 g/mol. The Bertz CT molecular complexity index is 930. The van der Waals surface area contributed by atoms with Gasteiger partial charge in [-0.25, -0.2) is 9.97 Å². The zero-order valence-electron chi connectivity index (χ0n) is 15.2. The standard InChI is InChI=1S/C20H21N5O2/c1-14-5-3-6-15(9-14)24-18-11-19(23-13-22-18)25-16-7-4-8-17(10-16)27-12-20(26)21-2/h3-11,13H,12H2,1-2H3,(H,21,26)(H2,22,23,24,25). The predicted molar refractivity (Wildman–Crippen MR) is 106 cm³/mol. The maximum Gasteiger partial charge on any atom is 0.257 e. The van der Waals surface area contributed by atoms with E-state index in [-0.39, 0.29) is 12.5 Å². The van der Waals surface area contributed by atoms with Crippen LogP contribution >= 0.6 is 0 Å². The Labute approximate surface area is 157 Å². The first kappa shape index (κ1) is 18.2. The lowest BCUT2D eigenvalue weighted by atomic mass is 10.2. The molecular formula is C20H21N5O2. The van der Waals surface area contributed by atoms with Gasteiger partial charge in [0, 0.05) is 30.6 Å². The van der Waals surface area contributed by atoms with Crippen molar-refractivity contribution in [1.82, 2.24) is 15.3 Å². The molecule has 0 spiro atoms. The molecule has 27 heavy (non-hydrogen) atoms. The van der Waals surface area contributed by atoms with Gasteiger partial charge in [0.25, 0.3) is 5.91 Å². The maximum absolute atomic E-state index is 11.3. The van der Waals surface area contributed by atoms with Crippen LogP contribution in [0.4, 0.5) is 23.0 Å². The van der Waals surface area contributed by atoms with Crippen LogP contribution < -0.4 is 20.7 Å². The molecule has 0 aliphatic carbocycles. The molecular weight excluding hydrogens is 342 g/mol. The molecule has 0 saturated heterocycles. The summed E-state index contributed by atoms with van der Waals surface area (Å²) in [5.41, 5.74) is 2.93. The molecule has 1 aromatic heterocycles. The van der Waals surface area contributed by atoms with Gasteiger partial charge in [-0.3, -0.25) is 4.79 Å². The summed E-state index contributed by atoms with van der Waals surface area (Å²) in [6.07, 6.45) is 1.49. The van der Waals surface area contributed by atoms with Crippen LogP contribution in [0.1, 0.15) is 5.56 Å². The number of ether oxygens (including phenoxy) is 1. The average Bonchev–Trinajstić information content (AvgIpc) is 2.67. The van der Waals surface area contributed by atoms with Gasteiger partial charge in [-0.05, 0) is 36.8 Å². The summed E-state index contributed by atoms with van der Waals surface area (Å²) in [5, 5.41) is 8.99. The van der Waals surface area contributed by atoms with E-state index in [9.17, 15) is 4.79 Å². The number of hydrogen-bond acceptors (Lipinski definition) is 6. The fourth-order valence-electron chi connectivity index (χ4n) is 2.40. The molecule has 7 heteroatoms. The molecule has 3 N–H and O–H groups in total. The third-order valence-corrected chi connectivity index (χ3v) is 3.71. The lowest BCUT2D eigenvalue weighted by Gasteiger charge is -2.10. The molecule has 3 aromatic rings. The molecule has 0 radical (unpaired) electrons. The number of rotatable bonds is 7. The van der Waals surface area contributed by atoms with E-state index in [1.807, 2.05) is 49.4 Å². The molecule has 3 rings (SSSR count). The molecule has 1 amide bonds. The SMILES string of the molecule is CNC(=O)COc1cccc(Nc2cc(Nc3cccc(C)c3)ncn2)c1. The highest BCUT2D eigenvalue weighted by atomic mass is 16.5. The van der Waals surface area contributed by atoms with Crippen LogP contribution in [0.3, 0.4) is 0 Å². The molecule has 0 aliphatic heterocycles. The summed E-state index contributed by atoms with van der Waals surface area (Å²) in [6.45, 7) is 2.01. The first-order valence-corrected chi connectivity index (χ1v) is 8.48. The maximum atomic E-state index is 11.3. The number of carbonyl (C=O) groups is 1. The molecule has 2 aromatic carbocycles. The van der Waals surface area contributed by atoms with E-state index in [0.717, 1.165) is 11.4 Å². The number of aromatic nitrogens is 2. The van der Waals surface area contributed by atoms with Crippen LogP contribution in [0.25, 0.3) is 0 Å². The van der Waals surface area contributed by atoms with Gasteiger partial charge in [0.2, 0.25) is 0 Å². The van der Waals surface area contributed by atoms with E-state index in [2.05, 4.69) is 25.9 Å². The van der Waals surface area contributed by atoms with Crippen molar-refractivity contribution < 1.29 is 9.53 Å². The normalized spacial score (nSPS) is 10.1. The largest absolute Gasteiger partial charge is 0.484 e. The Kier molecular flexibility index (Phi) is 5.84. The summed E-state index contributed by atoms with van der Waals surface area (Å²) < 4.78 is 5.45. The molecule has 1 heterocycles. The quantitative estimate of drug-likeness (QED) is 0.596. The van der Waals surface area contributed by atoms with E-state index >= 15 is 0 Å². The summed E-state index contributed by atoms with van der Waals surface area (Å²) in [6, 6.07) is 17.2. The van der Waals surface area contributed by atoms with Crippen molar-refractivity contribution in [3.63, 3.8) is 0 Å². The van der Waals surface area contributed by atoms with Crippen molar-refractivity contribution in [1.29, 1.82) is 0 Å². The second kappa shape index (κ2) is 8.66. The van der Waals surface area contributed by atoms with Gasteiger partial charge in [-0.1, -0.05) is 18.2 Å². The summed E-state index contributed by atoms with van der Waals surface area (Å²) in [4.78, 5) is 19.8.